The molecule has 0 unspecified atom stereocenters. The molecule has 1 aromatic rings. The van der Waals surface area contributed by atoms with Gasteiger partial charge in [0.1, 0.15) is 5.82 Å². The molecule has 16 heavy (non-hydrogen) atoms. The second-order valence-electron chi connectivity index (χ2n) is 2.29. The van der Waals surface area contributed by atoms with Crippen molar-refractivity contribution in [2.24, 2.45) is 0 Å². The van der Waals surface area contributed by atoms with Crippen LogP contribution in [0, 0.1) is 15.9 Å². The van der Waals surface area contributed by atoms with Gasteiger partial charge in [0.15, 0.2) is 0 Å². The highest BCUT2D eigenvalue weighted by molar-refractivity contribution is 5.36. The lowest BCUT2D eigenvalue weighted by atomic mass is 10.3. The van der Waals surface area contributed by atoms with E-state index in [1.807, 2.05) is 0 Å². The molecule has 0 aliphatic heterocycles. The van der Waals surface area contributed by atoms with E-state index in [0.29, 0.717) is 13.1 Å². The first-order valence-corrected chi connectivity index (χ1v) is 4.07. The number of nitro groups is 1. The van der Waals surface area contributed by atoms with Gasteiger partial charge in [-0.05, 0) is 13.0 Å². The molecule has 0 fully saturated rings. The van der Waals surface area contributed by atoms with Crippen molar-refractivity contribution in [1.29, 1.82) is 0 Å². The van der Waals surface area contributed by atoms with Crippen molar-refractivity contribution in [2.75, 3.05) is 6.61 Å². The lowest BCUT2D eigenvalue weighted by molar-refractivity contribution is -0.385. The predicted molar refractivity (Wildman–Crippen MR) is 54.4 cm³/mol. The van der Waals surface area contributed by atoms with Gasteiger partial charge >= 0.3 is 0 Å². The number of benzene rings is 1. The lowest BCUT2D eigenvalue weighted by Gasteiger charge is -1.88. The van der Waals surface area contributed by atoms with Crippen molar-refractivity contribution < 1.29 is 24.3 Å². The van der Waals surface area contributed by atoms with Crippen molar-refractivity contribution in [3.63, 3.8) is 0 Å². The predicted octanol–water partition coefficient (Wildman–Crippen LogP) is 1.09. The molecular weight excluding hydrogens is 221 g/mol. The van der Waals surface area contributed by atoms with Crippen LogP contribution in [0.1, 0.15) is 6.92 Å². The van der Waals surface area contributed by atoms with Gasteiger partial charge in [0.25, 0.3) is 12.2 Å². The second-order valence-corrected chi connectivity index (χ2v) is 2.29. The number of ether oxygens (including phenoxy) is 1. The third-order valence-electron chi connectivity index (χ3n) is 1.25. The molecule has 7 heteroatoms. The van der Waals surface area contributed by atoms with Gasteiger partial charge in [-0.25, -0.2) is 4.39 Å². The second kappa shape index (κ2) is 9.53. The zero-order valence-electron chi connectivity index (χ0n) is 8.55. The summed E-state index contributed by atoms with van der Waals surface area (Å²) in [4.78, 5) is 18.5. The van der Waals surface area contributed by atoms with E-state index in [0.717, 1.165) is 12.1 Å². The topological polar surface area (TPSA) is 101 Å². The number of hydrogen-bond acceptors (Lipinski definition) is 4. The van der Waals surface area contributed by atoms with Gasteiger partial charge in [0, 0.05) is 6.07 Å². The molecule has 0 saturated heterocycles. The maximum absolute atomic E-state index is 12.2. The molecular formula is C9H12FNO5. The molecule has 0 bridgehead atoms. The van der Waals surface area contributed by atoms with Crippen LogP contribution in [0.4, 0.5) is 10.1 Å². The van der Waals surface area contributed by atoms with Crippen LogP contribution in [0.15, 0.2) is 24.3 Å². The molecule has 0 atom stereocenters. The Hall–Kier alpha value is -2.02. The van der Waals surface area contributed by atoms with Gasteiger partial charge in [-0.1, -0.05) is 6.07 Å². The lowest BCUT2D eigenvalue weighted by Crippen LogP contribution is -1.87. The van der Waals surface area contributed by atoms with Gasteiger partial charge in [-0.3, -0.25) is 14.9 Å². The van der Waals surface area contributed by atoms with Crippen LogP contribution in [0.5, 0.6) is 0 Å². The summed E-state index contributed by atoms with van der Waals surface area (Å²) in [5.41, 5.74) is -0.222. The monoisotopic (exact) mass is 233 g/mol. The van der Waals surface area contributed by atoms with Gasteiger partial charge in [-0.2, -0.15) is 0 Å². The Morgan fingerprint density at radius 2 is 2.19 bits per heavy atom. The van der Waals surface area contributed by atoms with E-state index in [1.54, 1.807) is 6.92 Å². The van der Waals surface area contributed by atoms with Crippen LogP contribution in [0.3, 0.4) is 0 Å². The maximum atomic E-state index is 12.2. The standard InChI is InChI=1S/C6H4FNO2.C3H6O2.H2O/c7-5-2-1-3-6(4-5)8(9)10;1-2-5-3-4;/h1-4H;3H,2H2,1H3;1H2. The summed E-state index contributed by atoms with van der Waals surface area (Å²) in [5, 5.41) is 9.99. The van der Waals surface area contributed by atoms with Crippen LogP contribution < -0.4 is 0 Å². The fraction of sp³-hybridized carbons (Fsp3) is 0.222. The Balaban J connectivity index is 0. The molecule has 0 saturated carbocycles. The number of rotatable bonds is 3. The molecule has 0 spiro atoms. The number of nitro benzene ring substituents is 1. The number of halogens is 1. The minimum Gasteiger partial charge on any atom is -0.468 e. The van der Waals surface area contributed by atoms with Gasteiger partial charge in [0.05, 0.1) is 17.6 Å². The molecule has 6 nitrogen and oxygen atoms in total. The van der Waals surface area contributed by atoms with Gasteiger partial charge in [-0.15, -0.1) is 0 Å². The molecule has 0 heterocycles. The van der Waals surface area contributed by atoms with Crippen LogP contribution in [-0.4, -0.2) is 23.5 Å². The Kier molecular flexibility index (Phi) is 9.78. The first-order valence-electron chi connectivity index (χ1n) is 4.07. The smallest absolute Gasteiger partial charge is 0.293 e. The molecule has 0 radical (unpaired) electrons. The fourth-order valence-electron chi connectivity index (χ4n) is 0.658. The highest BCUT2D eigenvalue weighted by Crippen LogP contribution is 2.10. The molecule has 0 aromatic heterocycles. The maximum Gasteiger partial charge on any atom is 0.293 e. The summed E-state index contributed by atoms with van der Waals surface area (Å²) >= 11 is 0. The zero-order valence-corrected chi connectivity index (χ0v) is 8.55. The van der Waals surface area contributed by atoms with Gasteiger partial charge in [0.2, 0.25) is 0 Å². The fourth-order valence-corrected chi connectivity index (χ4v) is 0.658. The summed E-state index contributed by atoms with van der Waals surface area (Å²) in [7, 11) is 0. The molecule has 2 N–H and O–H groups in total. The van der Waals surface area contributed by atoms with Crippen molar-refractivity contribution in [2.45, 2.75) is 6.92 Å². The highest BCUT2D eigenvalue weighted by atomic mass is 19.1. The summed E-state index contributed by atoms with van der Waals surface area (Å²) in [6.07, 6.45) is 0. The molecule has 0 aliphatic carbocycles. The van der Waals surface area contributed by atoms with Crippen molar-refractivity contribution in [3.05, 3.63) is 40.2 Å². The quantitative estimate of drug-likeness (QED) is 0.443. The van der Waals surface area contributed by atoms with E-state index in [9.17, 15) is 19.3 Å². The summed E-state index contributed by atoms with van der Waals surface area (Å²) in [6.45, 7) is 2.66. The Morgan fingerprint density at radius 3 is 2.44 bits per heavy atom. The van der Waals surface area contributed by atoms with E-state index in [-0.39, 0.29) is 11.2 Å². The zero-order chi connectivity index (χ0) is 11.7. The van der Waals surface area contributed by atoms with Crippen LogP contribution >= 0.6 is 0 Å². The molecule has 0 amide bonds. The average Bonchev–Trinajstić information content (AvgIpc) is 2.20. The molecule has 1 aromatic carbocycles. The number of carbonyl (C=O) groups excluding carboxylic acids is 1. The number of non-ortho nitro benzene ring substituents is 1. The number of carbonyl (C=O) groups is 1. The first kappa shape index (κ1) is 16.4. The van der Waals surface area contributed by atoms with Crippen LogP contribution in [-0.2, 0) is 9.53 Å². The summed E-state index contributed by atoms with van der Waals surface area (Å²) < 4.78 is 16.4. The average molecular weight is 233 g/mol. The highest BCUT2D eigenvalue weighted by Gasteiger charge is 2.03. The number of nitrogens with zero attached hydrogens (tertiary/aromatic N) is 1. The normalized spacial score (nSPS) is 7.88. The van der Waals surface area contributed by atoms with Crippen molar-refractivity contribution >= 4 is 12.2 Å². The summed E-state index contributed by atoms with van der Waals surface area (Å²) in [5.74, 6) is -0.589. The molecule has 0 aliphatic rings. The van der Waals surface area contributed by atoms with E-state index in [2.05, 4.69) is 4.74 Å². The van der Waals surface area contributed by atoms with Crippen LogP contribution in [0.2, 0.25) is 0 Å². The Morgan fingerprint density at radius 1 is 1.56 bits per heavy atom. The Bertz CT molecular complexity index is 331. The van der Waals surface area contributed by atoms with Crippen molar-refractivity contribution in [1.82, 2.24) is 0 Å². The Labute approximate surface area is 91.1 Å². The SMILES string of the molecule is CCOC=O.O.O=[N+]([O-])c1cccc(F)c1. The third-order valence-corrected chi connectivity index (χ3v) is 1.25. The molecule has 90 valence electrons. The minimum atomic E-state index is -0.636. The molecule has 1 rings (SSSR count). The summed E-state index contributed by atoms with van der Waals surface area (Å²) in [6, 6.07) is 4.57. The minimum absolute atomic E-state index is 0. The number of hydrogen-bond donors (Lipinski definition) is 0. The van der Waals surface area contributed by atoms with E-state index >= 15 is 0 Å². The van der Waals surface area contributed by atoms with E-state index in [4.69, 9.17) is 0 Å². The van der Waals surface area contributed by atoms with E-state index < -0.39 is 10.7 Å². The largest absolute Gasteiger partial charge is 0.468 e. The van der Waals surface area contributed by atoms with E-state index in [1.165, 1.54) is 12.1 Å². The third kappa shape index (κ3) is 7.39. The van der Waals surface area contributed by atoms with Crippen molar-refractivity contribution in [3.8, 4) is 0 Å². The van der Waals surface area contributed by atoms with Gasteiger partial charge < -0.3 is 10.2 Å². The van der Waals surface area contributed by atoms with Crippen LogP contribution in [0.25, 0.3) is 0 Å². The first-order chi connectivity index (χ1) is 7.11.